The van der Waals surface area contributed by atoms with Crippen molar-refractivity contribution in [2.75, 3.05) is 25.5 Å². The fourth-order valence-corrected chi connectivity index (χ4v) is 2.13. The van der Waals surface area contributed by atoms with Gasteiger partial charge in [-0.3, -0.25) is 4.79 Å². The molecule has 0 aliphatic carbocycles. The van der Waals surface area contributed by atoms with E-state index in [2.05, 4.69) is 10.3 Å². The predicted octanol–water partition coefficient (Wildman–Crippen LogP) is 3.33. The Hall–Kier alpha value is -2.11. The van der Waals surface area contributed by atoms with Crippen LogP contribution >= 0.6 is 0 Å². The lowest BCUT2D eigenvalue weighted by molar-refractivity contribution is 0.0527. The van der Waals surface area contributed by atoms with Crippen LogP contribution in [0.5, 0.6) is 0 Å². The normalized spacial score (nSPS) is 11.1. The number of nitrogens with one attached hydrogen (secondary N) is 1. The first-order chi connectivity index (χ1) is 11.1. The lowest BCUT2D eigenvalue weighted by Gasteiger charge is -2.19. The number of amides is 1. The average Bonchev–Trinajstić information content (AvgIpc) is 2.44. The quantitative estimate of drug-likeness (QED) is 0.611. The van der Waals surface area contributed by atoms with Gasteiger partial charge in [0, 0.05) is 38.8 Å². The number of hydrogen-bond acceptors (Lipinski definition) is 5. The standard InChI is InChI=1S/C18H29N3O3/c1-13-11-16(21(5)6)20-12-14(13)15(22)9-7-8-10-19-17(23)24-18(2,3)4/h11-12H,7-10H2,1-6H3,(H,19,23). The van der Waals surface area contributed by atoms with Crippen LogP contribution in [0, 0.1) is 6.92 Å². The summed E-state index contributed by atoms with van der Waals surface area (Å²) in [6.07, 6.45) is 3.11. The van der Waals surface area contributed by atoms with Crippen LogP contribution in [-0.4, -0.2) is 43.1 Å². The number of alkyl carbamates (subject to hydrolysis) is 1. The topological polar surface area (TPSA) is 71.5 Å². The number of carbonyl (C=O) groups is 2. The summed E-state index contributed by atoms with van der Waals surface area (Å²) >= 11 is 0. The molecule has 1 N–H and O–H groups in total. The van der Waals surface area contributed by atoms with E-state index in [9.17, 15) is 9.59 Å². The number of rotatable bonds is 7. The molecule has 0 spiro atoms. The Morgan fingerprint density at radius 2 is 1.92 bits per heavy atom. The Bertz CT molecular complexity index is 577. The number of unbranched alkanes of at least 4 members (excludes halogenated alkanes) is 1. The van der Waals surface area contributed by atoms with Crippen LogP contribution in [-0.2, 0) is 4.74 Å². The van der Waals surface area contributed by atoms with Crippen molar-refractivity contribution in [3.05, 3.63) is 23.4 Å². The number of hydrogen-bond donors (Lipinski definition) is 1. The minimum Gasteiger partial charge on any atom is -0.444 e. The van der Waals surface area contributed by atoms with E-state index in [0.29, 0.717) is 24.9 Å². The van der Waals surface area contributed by atoms with Crippen LogP contribution < -0.4 is 10.2 Å². The summed E-state index contributed by atoms with van der Waals surface area (Å²) in [5, 5.41) is 2.69. The van der Waals surface area contributed by atoms with Gasteiger partial charge in [0.15, 0.2) is 5.78 Å². The van der Waals surface area contributed by atoms with E-state index >= 15 is 0 Å². The van der Waals surface area contributed by atoms with Crippen molar-refractivity contribution in [1.29, 1.82) is 0 Å². The molecule has 1 heterocycles. The molecule has 0 radical (unpaired) electrons. The fourth-order valence-electron chi connectivity index (χ4n) is 2.13. The Balaban J connectivity index is 2.36. The van der Waals surface area contributed by atoms with Crippen molar-refractivity contribution in [2.24, 2.45) is 0 Å². The molecule has 1 rings (SSSR count). The highest BCUT2D eigenvalue weighted by molar-refractivity contribution is 5.97. The molecule has 0 aromatic carbocycles. The maximum Gasteiger partial charge on any atom is 0.407 e. The molecule has 6 nitrogen and oxygen atoms in total. The maximum absolute atomic E-state index is 12.3. The van der Waals surface area contributed by atoms with Crippen LogP contribution in [0.3, 0.4) is 0 Å². The number of ketones is 1. The Kier molecular flexibility index (Phi) is 7.19. The number of Topliss-reactive ketones (excluding diaryl/α,β-unsaturated/α-hetero) is 1. The molecule has 0 atom stereocenters. The van der Waals surface area contributed by atoms with Gasteiger partial charge in [0.2, 0.25) is 0 Å². The van der Waals surface area contributed by atoms with Crippen molar-refractivity contribution in [3.8, 4) is 0 Å². The second-order valence-electron chi connectivity index (χ2n) is 7.06. The second-order valence-corrected chi connectivity index (χ2v) is 7.06. The van der Waals surface area contributed by atoms with E-state index < -0.39 is 11.7 Å². The monoisotopic (exact) mass is 335 g/mol. The van der Waals surface area contributed by atoms with Gasteiger partial charge in [-0.2, -0.15) is 0 Å². The molecular weight excluding hydrogens is 306 g/mol. The van der Waals surface area contributed by atoms with Gasteiger partial charge in [-0.25, -0.2) is 9.78 Å². The molecule has 0 aliphatic rings. The number of nitrogens with zero attached hydrogens (tertiary/aromatic N) is 2. The van der Waals surface area contributed by atoms with Crippen molar-refractivity contribution >= 4 is 17.7 Å². The lowest BCUT2D eigenvalue weighted by atomic mass is 10.0. The third kappa shape index (κ3) is 6.98. The molecular formula is C18H29N3O3. The summed E-state index contributed by atoms with van der Waals surface area (Å²) in [5.74, 6) is 0.924. The first kappa shape index (κ1) is 19.9. The smallest absolute Gasteiger partial charge is 0.407 e. The molecule has 0 unspecified atom stereocenters. The summed E-state index contributed by atoms with van der Waals surface area (Å²) in [7, 11) is 3.84. The SMILES string of the molecule is Cc1cc(N(C)C)ncc1C(=O)CCCCNC(=O)OC(C)(C)C. The first-order valence-corrected chi connectivity index (χ1v) is 8.24. The minimum atomic E-state index is -0.497. The number of pyridine rings is 1. The number of ether oxygens (including phenoxy) is 1. The Labute approximate surface area is 144 Å². The number of anilines is 1. The maximum atomic E-state index is 12.3. The number of aromatic nitrogens is 1. The summed E-state index contributed by atoms with van der Waals surface area (Å²) in [6, 6.07) is 1.91. The van der Waals surface area contributed by atoms with Gasteiger partial charge >= 0.3 is 6.09 Å². The van der Waals surface area contributed by atoms with Crippen LogP contribution in [0.15, 0.2) is 12.3 Å². The van der Waals surface area contributed by atoms with Crippen molar-refractivity contribution in [2.45, 2.75) is 52.6 Å². The largest absolute Gasteiger partial charge is 0.444 e. The van der Waals surface area contributed by atoms with Gasteiger partial charge in [-0.1, -0.05) is 0 Å². The molecule has 0 saturated heterocycles. The van der Waals surface area contributed by atoms with Crippen LogP contribution in [0.1, 0.15) is 56.0 Å². The average molecular weight is 335 g/mol. The molecule has 0 aliphatic heterocycles. The summed E-state index contributed by atoms with van der Waals surface area (Å²) in [4.78, 5) is 30.0. The zero-order valence-electron chi connectivity index (χ0n) is 15.6. The van der Waals surface area contributed by atoms with E-state index in [-0.39, 0.29) is 5.78 Å². The molecule has 134 valence electrons. The van der Waals surface area contributed by atoms with E-state index in [1.807, 2.05) is 52.8 Å². The Morgan fingerprint density at radius 1 is 1.25 bits per heavy atom. The number of carbonyl (C=O) groups excluding carboxylic acids is 2. The lowest BCUT2D eigenvalue weighted by Crippen LogP contribution is -2.33. The summed E-state index contributed by atoms with van der Waals surface area (Å²) in [6.45, 7) is 7.89. The van der Waals surface area contributed by atoms with Crippen LogP contribution in [0.2, 0.25) is 0 Å². The molecule has 0 saturated carbocycles. The predicted molar refractivity (Wildman–Crippen MR) is 95.7 cm³/mol. The van der Waals surface area contributed by atoms with Gasteiger partial charge in [0.25, 0.3) is 0 Å². The van der Waals surface area contributed by atoms with Gasteiger partial charge < -0.3 is 15.0 Å². The highest BCUT2D eigenvalue weighted by Gasteiger charge is 2.15. The third-order valence-corrected chi connectivity index (χ3v) is 3.35. The van der Waals surface area contributed by atoms with Crippen molar-refractivity contribution in [3.63, 3.8) is 0 Å². The van der Waals surface area contributed by atoms with Crippen LogP contribution in [0.25, 0.3) is 0 Å². The highest BCUT2D eigenvalue weighted by atomic mass is 16.6. The molecule has 0 bridgehead atoms. The third-order valence-electron chi connectivity index (χ3n) is 3.35. The van der Waals surface area contributed by atoms with Crippen molar-refractivity contribution in [1.82, 2.24) is 10.3 Å². The summed E-state index contributed by atoms with van der Waals surface area (Å²) < 4.78 is 5.15. The van der Waals surface area contributed by atoms with Gasteiger partial charge in [-0.15, -0.1) is 0 Å². The fraction of sp³-hybridized carbons (Fsp3) is 0.611. The minimum absolute atomic E-state index is 0.0857. The zero-order valence-corrected chi connectivity index (χ0v) is 15.6. The Morgan fingerprint density at radius 3 is 2.46 bits per heavy atom. The zero-order chi connectivity index (χ0) is 18.3. The molecule has 1 amide bonds. The molecule has 6 heteroatoms. The van der Waals surface area contributed by atoms with E-state index in [1.165, 1.54) is 0 Å². The summed E-state index contributed by atoms with van der Waals surface area (Å²) in [5.41, 5.74) is 1.11. The van der Waals surface area contributed by atoms with E-state index in [1.54, 1.807) is 6.20 Å². The van der Waals surface area contributed by atoms with E-state index in [0.717, 1.165) is 17.8 Å². The highest BCUT2D eigenvalue weighted by Crippen LogP contribution is 2.16. The van der Waals surface area contributed by atoms with Gasteiger partial charge in [-0.05, 0) is 52.2 Å². The molecule has 0 fully saturated rings. The number of aryl methyl sites for hydroxylation is 1. The van der Waals surface area contributed by atoms with Gasteiger partial charge in [0.05, 0.1) is 0 Å². The first-order valence-electron chi connectivity index (χ1n) is 8.24. The second kappa shape index (κ2) is 8.66. The molecule has 24 heavy (non-hydrogen) atoms. The van der Waals surface area contributed by atoms with Crippen molar-refractivity contribution < 1.29 is 14.3 Å². The van der Waals surface area contributed by atoms with Gasteiger partial charge in [0.1, 0.15) is 11.4 Å². The van der Waals surface area contributed by atoms with Crippen LogP contribution in [0.4, 0.5) is 10.6 Å². The molecule has 1 aromatic heterocycles. The molecule has 1 aromatic rings. The van der Waals surface area contributed by atoms with E-state index in [4.69, 9.17) is 4.74 Å².